The van der Waals surface area contributed by atoms with Crippen molar-refractivity contribution in [1.29, 1.82) is 0 Å². The lowest BCUT2D eigenvalue weighted by atomic mass is 10.0. The molecule has 15 nitrogen and oxygen atoms in total. The predicted octanol–water partition coefficient (Wildman–Crippen LogP) is 0.527. The van der Waals surface area contributed by atoms with Crippen molar-refractivity contribution in [1.82, 2.24) is 20.9 Å². The molecule has 3 aromatic carbocycles. The number of aromatic amines is 1. The second kappa shape index (κ2) is 17.3. The predicted molar refractivity (Wildman–Crippen MR) is 187 cm³/mol. The fraction of sp³-hybridized carbons (Fsp3) is 0.286. The third kappa shape index (κ3) is 10.7. The molecule has 0 saturated carbocycles. The number of rotatable bonds is 17. The van der Waals surface area contributed by atoms with E-state index in [1.807, 2.05) is 24.3 Å². The van der Waals surface area contributed by atoms with Gasteiger partial charge in [0, 0.05) is 42.9 Å². The minimum absolute atomic E-state index is 0.00650. The van der Waals surface area contributed by atoms with E-state index < -0.39 is 47.9 Å². The molecule has 4 atom stereocenters. The zero-order valence-corrected chi connectivity index (χ0v) is 27.2. The Balaban J connectivity index is 1.58. The van der Waals surface area contributed by atoms with Gasteiger partial charge in [-0.25, -0.2) is 4.79 Å². The number of nitrogens with zero attached hydrogens (tertiary/aromatic N) is 1. The van der Waals surface area contributed by atoms with Crippen LogP contribution in [-0.4, -0.2) is 80.7 Å². The van der Waals surface area contributed by atoms with Crippen LogP contribution in [0, 0.1) is 0 Å². The average Bonchev–Trinajstić information content (AvgIpc) is 3.49. The van der Waals surface area contributed by atoms with Gasteiger partial charge in [0.1, 0.15) is 29.6 Å². The molecule has 0 aliphatic carbocycles. The van der Waals surface area contributed by atoms with Gasteiger partial charge in [0.25, 0.3) is 0 Å². The number of phenolic OH excluding ortho intramolecular Hbond substituents is 2. The highest BCUT2D eigenvalue weighted by Crippen LogP contribution is 2.20. The first kappa shape index (κ1) is 36.7. The molecule has 0 aliphatic heterocycles. The van der Waals surface area contributed by atoms with Crippen molar-refractivity contribution in [2.24, 2.45) is 22.2 Å². The van der Waals surface area contributed by atoms with E-state index in [4.69, 9.17) is 17.2 Å². The van der Waals surface area contributed by atoms with Gasteiger partial charge in [-0.3, -0.25) is 19.4 Å². The van der Waals surface area contributed by atoms with E-state index >= 15 is 0 Å². The number of para-hydroxylation sites is 1. The van der Waals surface area contributed by atoms with Crippen LogP contribution in [0.3, 0.4) is 0 Å². The van der Waals surface area contributed by atoms with E-state index in [-0.39, 0.29) is 49.7 Å². The van der Waals surface area contributed by atoms with Crippen molar-refractivity contribution in [2.45, 2.75) is 56.3 Å². The van der Waals surface area contributed by atoms with Crippen molar-refractivity contribution in [3.8, 4) is 11.5 Å². The maximum absolute atomic E-state index is 14.0. The van der Waals surface area contributed by atoms with Crippen LogP contribution in [-0.2, 0) is 38.4 Å². The van der Waals surface area contributed by atoms with Crippen LogP contribution in [0.2, 0.25) is 0 Å². The molecular weight excluding hydrogens is 644 g/mol. The van der Waals surface area contributed by atoms with Crippen molar-refractivity contribution in [2.75, 3.05) is 6.54 Å². The number of carbonyl (C=O) groups is 4. The fourth-order valence-corrected chi connectivity index (χ4v) is 5.35. The number of hydrogen-bond donors (Lipinski definition) is 10. The molecule has 50 heavy (non-hydrogen) atoms. The van der Waals surface area contributed by atoms with E-state index in [2.05, 4.69) is 25.9 Å². The topological polar surface area (TPSA) is 271 Å². The molecule has 0 fully saturated rings. The summed E-state index contributed by atoms with van der Waals surface area (Å²) < 4.78 is 0. The third-order valence-electron chi connectivity index (χ3n) is 8.04. The number of H-pyrrole nitrogens is 1. The first-order chi connectivity index (χ1) is 23.9. The van der Waals surface area contributed by atoms with Crippen LogP contribution >= 0.6 is 0 Å². The summed E-state index contributed by atoms with van der Waals surface area (Å²) in [6, 6.07) is 14.5. The summed E-state index contributed by atoms with van der Waals surface area (Å²) >= 11 is 0. The second-order valence-electron chi connectivity index (χ2n) is 11.9. The normalized spacial score (nSPS) is 13.4. The minimum Gasteiger partial charge on any atom is -0.508 e. The summed E-state index contributed by atoms with van der Waals surface area (Å²) in [7, 11) is 0. The first-order valence-electron chi connectivity index (χ1n) is 15.9. The number of aromatic hydroxyl groups is 2. The van der Waals surface area contributed by atoms with Crippen LogP contribution in [0.5, 0.6) is 11.5 Å². The highest BCUT2D eigenvalue weighted by molar-refractivity contribution is 5.95. The smallest absolute Gasteiger partial charge is 0.326 e. The Morgan fingerprint density at radius 2 is 1.24 bits per heavy atom. The number of nitrogens with two attached hydrogens (primary N) is 3. The van der Waals surface area contributed by atoms with Gasteiger partial charge in [0.2, 0.25) is 17.7 Å². The summed E-state index contributed by atoms with van der Waals surface area (Å²) in [6.45, 7) is 0.259. The molecule has 1 heterocycles. The molecule has 15 heteroatoms. The molecule has 3 amide bonds. The van der Waals surface area contributed by atoms with Crippen molar-refractivity contribution in [3.63, 3.8) is 0 Å². The quantitative estimate of drug-likeness (QED) is 0.0418. The van der Waals surface area contributed by atoms with Crippen LogP contribution in [0.25, 0.3) is 10.9 Å². The van der Waals surface area contributed by atoms with Crippen LogP contribution in [0.4, 0.5) is 0 Å². The van der Waals surface area contributed by atoms with Gasteiger partial charge in [-0.15, -0.1) is 0 Å². The number of fused-ring (bicyclic) bond motifs is 1. The molecule has 264 valence electrons. The van der Waals surface area contributed by atoms with Gasteiger partial charge >= 0.3 is 5.97 Å². The average molecular weight is 687 g/mol. The monoisotopic (exact) mass is 686 g/mol. The number of nitrogens with one attached hydrogen (secondary N) is 4. The van der Waals surface area contributed by atoms with Crippen LogP contribution in [0.1, 0.15) is 29.5 Å². The Bertz CT molecular complexity index is 1800. The number of carbonyl (C=O) groups excluding carboxylic acids is 3. The SMILES string of the molecule is NC(N)=NCCCC(N)C(=O)NC(Cc1ccc(O)cc1)C(=O)NC(Cc1c[nH]c2ccccc12)C(=O)NC(Cc1ccc(O)cc1)C(=O)O. The fourth-order valence-electron chi connectivity index (χ4n) is 5.35. The van der Waals surface area contributed by atoms with Crippen molar-refractivity contribution in [3.05, 3.63) is 95.7 Å². The number of aromatic nitrogens is 1. The molecule has 0 bridgehead atoms. The Kier molecular flexibility index (Phi) is 12.7. The molecule has 4 rings (SSSR count). The van der Waals surface area contributed by atoms with Gasteiger partial charge < -0.3 is 53.5 Å². The molecule has 4 unspecified atom stereocenters. The van der Waals surface area contributed by atoms with E-state index in [0.717, 1.165) is 10.9 Å². The number of phenols is 2. The van der Waals surface area contributed by atoms with E-state index in [1.54, 1.807) is 30.5 Å². The van der Waals surface area contributed by atoms with E-state index in [9.17, 15) is 34.5 Å². The van der Waals surface area contributed by atoms with Crippen molar-refractivity contribution < 1.29 is 34.5 Å². The summed E-state index contributed by atoms with van der Waals surface area (Å²) in [6.07, 6.45) is 2.22. The number of aliphatic carboxylic acids is 1. The number of amides is 3. The summed E-state index contributed by atoms with van der Waals surface area (Å²) in [4.78, 5) is 60.2. The van der Waals surface area contributed by atoms with Crippen LogP contribution < -0.4 is 33.2 Å². The minimum atomic E-state index is -1.36. The van der Waals surface area contributed by atoms with Crippen molar-refractivity contribution >= 4 is 40.6 Å². The summed E-state index contributed by atoms with van der Waals surface area (Å²) in [5.41, 5.74) is 19.5. The Labute approximate surface area is 288 Å². The molecule has 4 aromatic rings. The number of carboxylic acids is 1. The van der Waals surface area contributed by atoms with E-state index in [1.165, 1.54) is 24.3 Å². The zero-order chi connectivity index (χ0) is 36.2. The number of hydrogen-bond acceptors (Lipinski definition) is 8. The number of benzene rings is 3. The number of carboxylic acid groups (broad SMARTS) is 1. The molecule has 13 N–H and O–H groups in total. The van der Waals surface area contributed by atoms with Gasteiger partial charge in [-0.2, -0.15) is 0 Å². The largest absolute Gasteiger partial charge is 0.508 e. The van der Waals surface area contributed by atoms with Crippen LogP contribution in [0.15, 0.2) is 84.0 Å². The second-order valence-corrected chi connectivity index (χ2v) is 11.9. The highest BCUT2D eigenvalue weighted by atomic mass is 16.4. The van der Waals surface area contributed by atoms with Gasteiger partial charge in [0.05, 0.1) is 6.04 Å². The number of guanidine groups is 1. The van der Waals surface area contributed by atoms with E-state index in [0.29, 0.717) is 23.1 Å². The third-order valence-corrected chi connectivity index (χ3v) is 8.04. The molecular formula is C35H42N8O7. The molecule has 0 radical (unpaired) electrons. The Morgan fingerprint density at radius 1 is 0.720 bits per heavy atom. The highest BCUT2D eigenvalue weighted by Gasteiger charge is 2.31. The molecule has 0 aliphatic rings. The zero-order valence-electron chi connectivity index (χ0n) is 27.2. The standard InChI is InChI=1S/C35H42N8O7/c36-26(5-3-15-39-35(37)38)31(46)41-28(16-20-7-11-23(44)12-8-20)32(47)42-29(18-22-19-40-27-6-2-1-4-25(22)27)33(48)43-30(34(49)50)17-21-9-13-24(45)14-10-21/h1-2,4,6-14,19,26,28-30,40,44-45H,3,5,15-18,36H2,(H,41,46)(H,42,47)(H,43,48)(H,49,50)(H4,37,38,39). The number of aliphatic imine (C=N–C) groups is 1. The lowest BCUT2D eigenvalue weighted by Gasteiger charge is -2.25. The molecule has 0 saturated heterocycles. The Hall–Kier alpha value is -6.09. The maximum atomic E-state index is 14.0. The van der Waals surface area contributed by atoms with Gasteiger partial charge in [0.15, 0.2) is 5.96 Å². The van der Waals surface area contributed by atoms with Gasteiger partial charge in [-0.05, 0) is 59.9 Å². The first-order valence-corrected chi connectivity index (χ1v) is 15.9. The summed E-state index contributed by atoms with van der Waals surface area (Å²) in [5.74, 6) is -3.47. The lowest BCUT2D eigenvalue weighted by molar-refractivity contribution is -0.142. The lowest BCUT2D eigenvalue weighted by Crippen LogP contribution is -2.58. The maximum Gasteiger partial charge on any atom is 0.326 e. The summed E-state index contributed by atoms with van der Waals surface area (Å²) in [5, 5.41) is 38.1. The van der Waals surface area contributed by atoms with Gasteiger partial charge in [-0.1, -0.05) is 42.5 Å². The Morgan fingerprint density at radius 3 is 1.82 bits per heavy atom. The molecule has 0 spiro atoms. The molecule has 1 aromatic heterocycles.